The first kappa shape index (κ1) is 10.1. The first-order valence-electron chi connectivity index (χ1n) is 3.77. The molecule has 1 aromatic carbocycles. The summed E-state index contributed by atoms with van der Waals surface area (Å²) in [5, 5.41) is 11.4. The van der Waals surface area contributed by atoms with Crippen molar-refractivity contribution in [3.63, 3.8) is 0 Å². The molecule has 0 saturated carbocycles. The van der Waals surface area contributed by atoms with Gasteiger partial charge in [0.2, 0.25) is 0 Å². The fourth-order valence-corrected chi connectivity index (χ4v) is 2.84. The second-order valence-corrected chi connectivity index (χ2v) is 4.92. The summed E-state index contributed by atoms with van der Waals surface area (Å²) >= 11 is 3.14. The largest absolute Gasteiger partial charge is 0.506 e. The Bertz CT molecular complexity index is 481. The molecule has 0 aliphatic heterocycles. The van der Waals surface area contributed by atoms with Gasteiger partial charge in [-0.25, -0.2) is 8.78 Å². The van der Waals surface area contributed by atoms with Crippen molar-refractivity contribution >= 4 is 44.0 Å². The molecule has 0 fully saturated rings. The molecule has 0 aliphatic carbocycles. The van der Waals surface area contributed by atoms with Crippen molar-refractivity contribution in [2.75, 3.05) is 0 Å². The van der Waals surface area contributed by atoms with Crippen LogP contribution in [0.5, 0.6) is 5.75 Å². The maximum absolute atomic E-state index is 12.5. The molecule has 0 radical (unpaired) electrons. The van der Waals surface area contributed by atoms with Gasteiger partial charge in [0.05, 0.1) is 4.70 Å². The van der Waals surface area contributed by atoms with Crippen molar-refractivity contribution in [3.05, 3.63) is 26.6 Å². The van der Waals surface area contributed by atoms with E-state index in [1.807, 2.05) is 22.6 Å². The standard InChI is InChI=1S/C9H5F2IOS/c10-9(11)6-3-14-8-5(6)1-4(12)2-7(8)13/h1-3,9,13H. The number of fused-ring (bicyclic) bond motifs is 1. The van der Waals surface area contributed by atoms with Crippen molar-refractivity contribution in [1.29, 1.82) is 0 Å². The molecule has 14 heavy (non-hydrogen) atoms. The van der Waals surface area contributed by atoms with Crippen molar-refractivity contribution in [2.24, 2.45) is 0 Å². The third-order valence-electron chi connectivity index (χ3n) is 1.88. The Morgan fingerprint density at radius 2 is 2.07 bits per heavy atom. The third-order valence-corrected chi connectivity index (χ3v) is 3.54. The molecule has 1 heterocycles. The zero-order valence-corrected chi connectivity index (χ0v) is 9.77. The predicted molar refractivity (Wildman–Crippen MR) is 61.2 cm³/mol. The van der Waals surface area contributed by atoms with E-state index in [9.17, 15) is 13.9 Å². The first-order chi connectivity index (χ1) is 6.59. The molecular formula is C9H5F2IOS. The topological polar surface area (TPSA) is 20.2 Å². The Labute approximate surface area is 96.5 Å². The highest BCUT2D eigenvalue weighted by atomic mass is 127. The van der Waals surface area contributed by atoms with Crippen LogP contribution in [-0.2, 0) is 0 Å². The summed E-state index contributed by atoms with van der Waals surface area (Å²) in [6.45, 7) is 0. The van der Waals surface area contributed by atoms with Gasteiger partial charge in [0.25, 0.3) is 6.43 Å². The lowest BCUT2D eigenvalue weighted by Crippen LogP contribution is -1.81. The summed E-state index contributed by atoms with van der Waals surface area (Å²) in [6, 6.07) is 3.22. The molecule has 0 aliphatic rings. The number of hydrogen-bond donors (Lipinski definition) is 1. The molecule has 0 bridgehead atoms. The Hall–Kier alpha value is -0.430. The van der Waals surface area contributed by atoms with Crippen LogP contribution in [0.2, 0.25) is 0 Å². The monoisotopic (exact) mass is 326 g/mol. The number of thiophene rings is 1. The number of hydrogen-bond acceptors (Lipinski definition) is 2. The molecule has 0 unspecified atom stereocenters. The second kappa shape index (κ2) is 3.62. The maximum atomic E-state index is 12.5. The molecule has 0 atom stereocenters. The van der Waals surface area contributed by atoms with Gasteiger partial charge in [-0.15, -0.1) is 11.3 Å². The fraction of sp³-hybridized carbons (Fsp3) is 0.111. The van der Waals surface area contributed by atoms with Gasteiger partial charge in [-0.3, -0.25) is 0 Å². The van der Waals surface area contributed by atoms with Crippen LogP contribution in [0.1, 0.15) is 12.0 Å². The Morgan fingerprint density at radius 3 is 2.71 bits per heavy atom. The smallest absolute Gasteiger partial charge is 0.265 e. The normalized spacial score (nSPS) is 11.4. The Balaban J connectivity index is 2.78. The predicted octanol–water partition coefficient (Wildman–Crippen LogP) is 4.15. The van der Waals surface area contributed by atoms with Crippen LogP contribution in [-0.4, -0.2) is 5.11 Å². The summed E-state index contributed by atoms with van der Waals surface area (Å²) in [5.41, 5.74) is -0.00110. The van der Waals surface area contributed by atoms with Crippen LogP contribution in [0.3, 0.4) is 0 Å². The molecule has 0 spiro atoms. The van der Waals surface area contributed by atoms with Crippen LogP contribution in [0.4, 0.5) is 8.78 Å². The molecule has 74 valence electrons. The van der Waals surface area contributed by atoms with E-state index in [-0.39, 0.29) is 11.3 Å². The Kier molecular flexibility index (Phi) is 2.61. The molecule has 0 amide bonds. The van der Waals surface area contributed by atoms with Gasteiger partial charge in [-0.2, -0.15) is 0 Å². The minimum atomic E-state index is -2.48. The van der Waals surface area contributed by atoms with E-state index in [1.54, 1.807) is 12.1 Å². The van der Waals surface area contributed by atoms with Crippen molar-refractivity contribution in [3.8, 4) is 5.75 Å². The third kappa shape index (κ3) is 1.58. The van der Waals surface area contributed by atoms with Crippen LogP contribution in [0.15, 0.2) is 17.5 Å². The van der Waals surface area contributed by atoms with Gasteiger partial charge in [0.1, 0.15) is 5.75 Å². The van der Waals surface area contributed by atoms with Crippen LogP contribution in [0.25, 0.3) is 10.1 Å². The SMILES string of the molecule is Oc1cc(I)cc2c(C(F)F)csc12. The van der Waals surface area contributed by atoms with E-state index in [1.165, 1.54) is 5.38 Å². The van der Waals surface area contributed by atoms with E-state index in [0.717, 1.165) is 14.9 Å². The molecule has 1 N–H and O–H groups in total. The molecule has 2 rings (SSSR count). The van der Waals surface area contributed by atoms with E-state index in [0.29, 0.717) is 10.1 Å². The van der Waals surface area contributed by atoms with Gasteiger partial charge in [-0.05, 0) is 34.7 Å². The molecular weight excluding hydrogens is 321 g/mol. The van der Waals surface area contributed by atoms with E-state index in [2.05, 4.69) is 0 Å². The highest BCUT2D eigenvalue weighted by Crippen LogP contribution is 2.38. The Morgan fingerprint density at radius 1 is 1.36 bits per heavy atom. The molecule has 1 nitrogen and oxygen atoms in total. The summed E-state index contributed by atoms with van der Waals surface area (Å²) in [4.78, 5) is 0. The molecule has 0 saturated heterocycles. The van der Waals surface area contributed by atoms with E-state index in [4.69, 9.17) is 0 Å². The molecule has 5 heteroatoms. The summed E-state index contributed by atoms with van der Waals surface area (Å²) < 4.78 is 26.3. The van der Waals surface area contributed by atoms with Gasteiger partial charge in [-0.1, -0.05) is 0 Å². The van der Waals surface area contributed by atoms with Gasteiger partial charge < -0.3 is 5.11 Å². The van der Waals surface area contributed by atoms with Crippen molar-refractivity contribution in [1.82, 2.24) is 0 Å². The zero-order valence-electron chi connectivity index (χ0n) is 6.80. The number of halogens is 3. The zero-order chi connectivity index (χ0) is 10.3. The minimum Gasteiger partial charge on any atom is -0.506 e. The molecule has 1 aromatic heterocycles. The van der Waals surface area contributed by atoms with E-state index >= 15 is 0 Å². The average molecular weight is 326 g/mol. The number of aromatic hydroxyl groups is 1. The summed E-state index contributed by atoms with van der Waals surface area (Å²) in [6.07, 6.45) is -2.48. The second-order valence-electron chi connectivity index (χ2n) is 2.79. The minimum absolute atomic E-state index is 0.00110. The number of phenolic OH excluding ortho intramolecular Hbond substituents is 1. The number of phenols is 1. The van der Waals surface area contributed by atoms with Gasteiger partial charge in [0.15, 0.2) is 0 Å². The lowest BCUT2D eigenvalue weighted by atomic mass is 10.2. The quantitative estimate of drug-likeness (QED) is 0.781. The fourth-order valence-electron chi connectivity index (χ4n) is 1.27. The van der Waals surface area contributed by atoms with Gasteiger partial charge >= 0.3 is 0 Å². The maximum Gasteiger partial charge on any atom is 0.265 e. The highest BCUT2D eigenvalue weighted by molar-refractivity contribution is 14.1. The summed E-state index contributed by atoms with van der Waals surface area (Å²) in [5.74, 6) is 0.0730. The summed E-state index contributed by atoms with van der Waals surface area (Å²) in [7, 11) is 0. The number of rotatable bonds is 1. The number of alkyl halides is 2. The number of benzene rings is 1. The first-order valence-corrected chi connectivity index (χ1v) is 5.73. The van der Waals surface area contributed by atoms with Crippen LogP contribution in [0, 0.1) is 3.57 Å². The average Bonchev–Trinajstić information content (AvgIpc) is 2.47. The highest BCUT2D eigenvalue weighted by Gasteiger charge is 2.15. The lowest BCUT2D eigenvalue weighted by Gasteiger charge is -1.99. The van der Waals surface area contributed by atoms with Crippen LogP contribution < -0.4 is 0 Å². The molecule has 2 aromatic rings. The van der Waals surface area contributed by atoms with Gasteiger partial charge in [0, 0.05) is 19.9 Å². The van der Waals surface area contributed by atoms with E-state index < -0.39 is 6.43 Å². The van der Waals surface area contributed by atoms with Crippen molar-refractivity contribution < 1.29 is 13.9 Å². The lowest BCUT2D eigenvalue weighted by molar-refractivity contribution is 0.153. The van der Waals surface area contributed by atoms with Crippen molar-refractivity contribution in [2.45, 2.75) is 6.43 Å². The van der Waals surface area contributed by atoms with Crippen LogP contribution >= 0.6 is 33.9 Å².